The number of H-pyrrole nitrogens is 1. The third kappa shape index (κ3) is 3.43. The van der Waals surface area contributed by atoms with Gasteiger partial charge in [0.25, 0.3) is 5.91 Å². The summed E-state index contributed by atoms with van der Waals surface area (Å²) in [5.41, 5.74) is 3.06. The van der Waals surface area contributed by atoms with Crippen LogP contribution in [-0.4, -0.2) is 34.3 Å². The standard InChI is InChI=1S/C21H20FN3O2/c1-13-17-7-2-3-8-18(17)24-20(13)21(27)23-16-10-19(26)25(12-16)11-14-5-4-6-15(22)9-14/h2-9,16,24H,10-12H2,1H3,(H,23,27)/t16-/m0/s1. The van der Waals surface area contributed by atoms with Crippen molar-refractivity contribution in [3.63, 3.8) is 0 Å². The maximum atomic E-state index is 13.3. The van der Waals surface area contributed by atoms with Crippen LogP contribution in [0.3, 0.4) is 0 Å². The molecule has 1 aliphatic rings. The maximum Gasteiger partial charge on any atom is 0.268 e. The van der Waals surface area contributed by atoms with Crippen LogP contribution < -0.4 is 5.32 Å². The molecule has 1 aliphatic heterocycles. The van der Waals surface area contributed by atoms with Crippen LogP contribution >= 0.6 is 0 Å². The first-order valence-electron chi connectivity index (χ1n) is 8.91. The first-order chi connectivity index (χ1) is 13.0. The molecule has 1 aromatic heterocycles. The summed E-state index contributed by atoms with van der Waals surface area (Å²) in [6.07, 6.45) is 0.250. The number of aromatic nitrogens is 1. The first-order valence-corrected chi connectivity index (χ1v) is 8.91. The summed E-state index contributed by atoms with van der Waals surface area (Å²) in [6, 6.07) is 13.7. The Balaban J connectivity index is 1.44. The number of amides is 2. The number of hydrogen-bond donors (Lipinski definition) is 2. The van der Waals surface area contributed by atoms with Gasteiger partial charge in [0.2, 0.25) is 5.91 Å². The molecular weight excluding hydrogens is 345 g/mol. The molecule has 0 saturated carbocycles. The van der Waals surface area contributed by atoms with Gasteiger partial charge < -0.3 is 15.2 Å². The molecule has 0 radical (unpaired) electrons. The molecule has 3 aromatic rings. The predicted octanol–water partition coefficient (Wildman–Crippen LogP) is 3.15. The summed E-state index contributed by atoms with van der Waals surface area (Å²) in [4.78, 5) is 29.8. The molecule has 2 amide bonds. The molecule has 1 saturated heterocycles. The number of benzene rings is 2. The van der Waals surface area contributed by atoms with Crippen LogP contribution in [0, 0.1) is 12.7 Å². The van der Waals surface area contributed by atoms with Crippen molar-refractivity contribution < 1.29 is 14.0 Å². The van der Waals surface area contributed by atoms with Gasteiger partial charge in [-0.1, -0.05) is 30.3 Å². The molecular formula is C21H20FN3O2. The lowest BCUT2D eigenvalue weighted by atomic mass is 10.1. The molecule has 138 valence electrons. The molecule has 2 N–H and O–H groups in total. The number of carbonyl (C=O) groups is 2. The van der Waals surface area contributed by atoms with E-state index in [0.717, 1.165) is 22.0 Å². The van der Waals surface area contributed by atoms with Gasteiger partial charge in [-0.2, -0.15) is 0 Å². The number of aryl methyl sites for hydroxylation is 1. The Labute approximate surface area is 156 Å². The van der Waals surface area contributed by atoms with E-state index < -0.39 is 0 Å². The summed E-state index contributed by atoms with van der Waals surface area (Å²) in [5, 5.41) is 3.96. The summed E-state index contributed by atoms with van der Waals surface area (Å²) >= 11 is 0. The number of aromatic amines is 1. The molecule has 0 unspecified atom stereocenters. The maximum absolute atomic E-state index is 13.3. The fourth-order valence-electron chi connectivity index (χ4n) is 3.64. The number of hydrogen-bond acceptors (Lipinski definition) is 2. The van der Waals surface area contributed by atoms with Crippen LogP contribution in [-0.2, 0) is 11.3 Å². The minimum absolute atomic E-state index is 0.0436. The molecule has 6 heteroatoms. The highest BCUT2D eigenvalue weighted by Gasteiger charge is 2.31. The van der Waals surface area contributed by atoms with Crippen LogP contribution in [0.1, 0.15) is 28.0 Å². The van der Waals surface area contributed by atoms with E-state index >= 15 is 0 Å². The molecule has 27 heavy (non-hydrogen) atoms. The molecule has 4 rings (SSSR count). The van der Waals surface area contributed by atoms with E-state index in [-0.39, 0.29) is 30.1 Å². The number of likely N-dealkylation sites (tertiary alicyclic amines) is 1. The third-order valence-electron chi connectivity index (χ3n) is 5.00. The van der Waals surface area contributed by atoms with Crippen molar-refractivity contribution >= 4 is 22.7 Å². The fraction of sp³-hybridized carbons (Fsp3) is 0.238. The Kier molecular flexibility index (Phi) is 4.39. The highest BCUT2D eigenvalue weighted by Crippen LogP contribution is 2.22. The summed E-state index contributed by atoms with van der Waals surface area (Å²) < 4.78 is 13.3. The number of para-hydroxylation sites is 1. The second kappa shape index (κ2) is 6.87. The van der Waals surface area contributed by atoms with Crippen molar-refractivity contribution in [2.45, 2.75) is 25.9 Å². The van der Waals surface area contributed by atoms with E-state index in [1.807, 2.05) is 31.2 Å². The average Bonchev–Trinajstić information content (AvgIpc) is 3.15. The van der Waals surface area contributed by atoms with Gasteiger partial charge in [0.1, 0.15) is 11.5 Å². The van der Waals surface area contributed by atoms with Gasteiger partial charge in [-0.05, 0) is 36.2 Å². The van der Waals surface area contributed by atoms with E-state index in [9.17, 15) is 14.0 Å². The minimum atomic E-state index is -0.321. The van der Waals surface area contributed by atoms with Crippen molar-refractivity contribution in [1.82, 2.24) is 15.2 Å². The Morgan fingerprint density at radius 2 is 2.07 bits per heavy atom. The predicted molar refractivity (Wildman–Crippen MR) is 101 cm³/mol. The second-order valence-electron chi connectivity index (χ2n) is 6.95. The number of carbonyl (C=O) groups excluding carboxylic acids is 2. The highest BCUT2D eigenvalue weighted by molar-refractivity contribution is 6.01. The molecule has 2 heterocycles. The van der Waals surface area contributed by atoms with E-state index in [4.69, 9.17) is 0 Å². The summed E-state index contributed by atoms with van der Waals surface area (Å²) in [5.74, 6) is -0.578. The lowest BCUT2D eigenvalue weighted by molar-refractivity contribution is -0.128. The van der Waals surface area contributed by atoms with Gasteiger partial charge >= 0.3 is 0 Å². The zero-order chi connectivity index (χ0) is 19.0. The molecule has 1 fully saturated rings. The largest absolute Gasteiger partial charge is 0.350 e. The number of fused-ring (bicyclic) bond motifs is 1. The zero-order valence-corrected chi connectivity index (χ0v) is 15.0. The van der Waals surface area contributed by atoms with Crippen LogP contribution in [0.25, 0.3) is 10.9 Å². The SMILES string of the molecule is Cc1c(C(=O)N[C@H]2CC(=O)N(Cc3cccc(F)c3)C2)[nH]c2ccccc12. The second-order valence-corrected chi connectivity index (χ2v) is 6.95. The topological polar surface area (TPSA) is 65.2 Å². The number of halogens is 1. The highest BCUT2D eigenvalue weighted by atomic mass is 19.1. The molecule has 2 aromatic carbocycles. The normalized spacial score (nSPS) is 16.9. The Morgan fingerprint density at radius 1 is 1.26 bits per heavy atom. The minimum Gasteiger partial charge on any atom is -0.350 e. The molecule has 0 bridgehead atoms. The van der Waals surface area contributed by atoms with Crippen molar-refractivity contribution in [3.05, 3.63) is 71.2 Å². The van der Waals surface area contributed by atoms with Gasteiger partial charge in [0, 0.05) is 30.4 Å². The van der Waals surface area contributed by atoms with E-state index in [0.29, 0.717) is 18.8 Å². The van der Waals surface area contributed by atoms with Gasteiger partial charge in [-0.3, -0.25) is 9.59 Å². The van der Waals surface area contributed by atoms with Crippen molar-refractivity contribution in [3.8, 4) is 0 Å². The third-order valence-corrected chi connectivity index (χ3v) is 5.00. The van der Waals surface area contributed by atoms with Gasteiger partial charge in [-0.25, -0.2) is 4.39 Å². The van der Waals surface area contributed by atoms with Crippen molar-refractivity contribution in [2.24, 2.45) is 0 Å². The summed E-state index contributed by atoms with van der Waals surface area (Å²) in [6.45, 7) is 2.67. The number of nitrogens with zero attached hydrogens (tertiary/aromatic N) is 1. The Morgan fingerprint density at radius 3 is 2.85 bits per heavy atom. The molecule has 0 aliphatic carbocycles. The molecule has 5 nitrogen and oxygen atoms in total. The molecule has 0 spiro atoms. The number of nitrogens with one attached hydrogen (secondary N) is 2. The average molecular weight is 365 g/mol. The van der Waals surface area contributed by atoms with Gasteiger partial charge in [0.05, 0.1) is 6.04 Å². The zero-order valence-electron chi connectivity index (χ0n) is 15.0. The first kappa shape index (κ1) is 17.3. The monoisotopic (exact) mass is 365 g/mol. The van der Waals surface area contributed by atoms with Crippen LogP contribution in [0.2, 0.25) is 0 Å². The quantitative estimate of drug-likeness (QED) is 0.746. The lowest BCUT2D eigenvalue weighted by Crippen LogP contribution is -2.37. The summed E-state index contributed by atoms with van der Waals surface area (Å²) in [7, 11) is 0. The van der Waals surface area contributed by atoms with Crippen LogP contribution in [0.4, 0.5) is 4.39 Å². The van der Waals surface area contributed by atoms with Crippen molar-refractivity contribution in [1.29, 1.82) is 0 Å². The Bertz CT molecular complexity index is 1030. The smallest absolute Gasteiger partial charge is 0.268 e. The van der Waals surface area contributed by atoms with Crippen LogP contribution in [0.5, 0.6) is 0 Å². The Hall–Kier alpha value is -3.15. The lowest BCUT2D eigenvalue weighted by Gasteiger charge is -2.17. The van der Waals surface area contributed by atoms with Gasteiger partial charge in [-0.15, -0.1) is 0 Å². The number of rotatable bonds is 4. The van der Waals surface area contributed by atoms with Crippen molar-refractivity contribution in [2.75, 3.05) is 6.54 Å². The molecule has 1 atom stereocenters. The van der Waals surface area contributed by atoms with Gasteiger partial charge in [0.15, 0.2) is 0 Å². The van der Waals surface area contributed by atoms with E-state index in [2.05, 4.69) is 10.3 Å². The van der Waals surface area contributed by atoms with E-state index in [1.54, 1.807) is 17.0 Å². The van der Waals surface area contributed by atoms with Crippen LogP contribution in [0.15, 0.2) is 48.5 Å². The van der Waals surface area contributed by atoms with E-state index in [1.165, 1.54) is 12.1 Å². The fourth-order valence-corrected chi connectivity index (χ4v) is 3.64.